The first kappa shape index (κ1) is 19.0. The molecule has 1 aliphatic carbocycles. The second-order valence-corrected chi connectivity index (χ2v) is 7.99. The van der Waals surface area contributed by atoms with Crippen LogP contribution < -0.4 is 5.32 Å². The lowest BCUT2D eigenvalue weighted by molar-refractivity contribution is 0.654. The maximum Gasteiger partial charge on any atom is 0.0390 e. The summed E-state index contributed by atoms with van der Waals surface area (Å²) in [7, 11) is 0. The number of fused-ring (bicyclic) bond motifs is 1. The molecule has 0 bridgehead atoms. The zero-order chi connectivity index (χ0) is 20.4. The molecule has 0 fully saturated rings. The van der Waals surface area contributed by atoms with Gasteiger partial charge in [-0.25, -0.2) is 0 Å². The number of anilines is 2. The zero-order valence-corrected chi connectivity index (χ0v) is 17.4. The molecule has 1 nitrogen and oxygen atoms in total. The van der Waals surface area contributed by atoms with Crippen LogP contribution in [0.1, 0.15) is 31.9 Å². The van der Waals surface area contributed by atoms with E-state index in [0.29, 0.717) is 0 Å². The van der Waals surface area contributed by atoms with E-state index in [-0.39, 0.29) is 5.41 Å². The number of nitrogens with one attached hydrogen (secondary N) is 1. The summed E-state index contributed by atoms with van der Waals surface area (Å²) in [6.07, 6.45) is 6.34. The molecule has 0 spiro atoms. The van der Waals surface area contributed by atoms with Gasteiger partial charge in [0.05, 0.1) is 0 Å². The average Bonchev–Trinajstić information content (AvgIpc) is 2.95. The van der Waals surface area contributed by atoms with Crippen LogP contribution in [0.3, 0.4) is 0 Å². The van der Waals surface area contributed by atoms with Crippen molar-refractivity contribution in [3.05, 3.63) is 114 Å². The molecule has 0 saturated heterocycles. The van der Waals surface area contributed by atoms with Crippen molar-refractivity contribution < 1.29 is 0 Å². The highest BCUT2D eigenvalue weighted by Crippen LogP contribution is 2.48. The van der Waals surface area contributed by atoms with Gasteiger partial charge in [0.15, 0.2) is 0 Å². The molecule has 4 rings (SSSR count). The molecule has 0 aliphatic heterocycles. The van der Waals surface area contributed by atoms with Gasteiger partial charge >= 0.3 is 0 Å². The molecule has 1 heteroatoms. The number of hydrogen-bond acceptors (Lipinski definition) is 1. The van der Waals surface area contributed by atoms with E-state index >= 15 is 0 Å². The molecule has 29 heavy (non-hydrogen) atoms. The van der Waals surface area contributed by atoms with Crippen LogP contribution in [-0.2, 0) is 5.41 Å². The maximum atomic E-state index is 4.10. The first-order valence-electron chi connectivity index (χ1n) is 10.1. The maximum absolute atomic E-state index is 4.10. The topological polar surface area (TPSA) is 12.0 Å². The van der Waals surface area contributed by atoms with E-state index in [1.54, 1.807) is 0 Å². The van der Waals surface area contributed by atoms with Crippen molar-refractivity contribution in [2.45, 2.75) is 26.2 Å². The van der Waals surface area contributed by atoms with Crippen LogP contribution in [0.5, 0.6) is 0 Å². The van der Waals surface area contributed by atoms with Crippen LogP contribution in [0.4, 0.5) is 11.4 Å². The van der Waals surface area contributed by atoms with Gasteiger partial charge in [-0.3, -0.25) is 0 Å². The van der Waals surface area contributed by atoms with Gasteiger partial charge in [-0.1, -0.05) is 81.1 Å². The summed E-state index contributed by atoms with van der Waals surface area (Å²) >= 11 is 0. The molecule has 0 unspecified atom stereocenters. The fourth-order valence-electron chi connectivity index (χ4n) is 4.27. The largest absolute Gasteiger partial charge is 0.356 e. The Hall–Kier alpha value is -3.32. The third-order valence-electron chi connectivity index (χ3n) is 5.74. The van der Waals surface area contributed by atoms with Crippen LogP contribution >= 0.6 is 0 Å². The number of allylic oxidation sites excluding steroid dienone is 5. The third kappa shape index (κ3) is 3.45. The molecular weight excluding hydrogens is 350 g/mol. The molecule has 3 aromatic rings. The molecule has 0 heterocycles. The van der Waals surface area contributed by atoms with Crippen molar-refractivity contribution >= 4 is 16.9 Å². The second-order valence-electron chi connectivity index (χ2n) is 7.99. The van der Waals surface area contributed by atoms with Gasteiger partial charge in [0.25, 0.3) is 0 Å². The van der Waals surface area contributed by atoms with E-state index in [2.05, 4.69) is 99.4 Å². The highest BCUT2D eigenvalue weighted by atomic mass is 14.9. The molecule has 0 radical (unpaired) electrons. The molecule has 144 valence electrons. The highest BCUT2D eigenvalue weighted by molar-refractivity contribution is 5.89. The average molecular weight is 378 g/mol. The molecular formula is C28H27N. The lowest BCUT2D eigenvalue weighted by Crippen LogP contribution is -2.16. The van der Waals surface area contributed by atoms with E-state index in [1.165, 1.54) is 33.4 Å². The summed E-state index contributed by atoms with van der Waals surface area (Å²) in [5.41, 5.74) is 9.81. The van der Waals surface area contributed by atoms with Gasteiger partial charge in [0.1, 0.15) is 0 Å². The van der Waals surface area contributed by atoms with E-state index in [9.17, 15) is 0 Å². The summed E-state index contributed by atoms with van der Waals surface area (Å²) in [5, 5.41) is 3.49. The molecule has 1 N–H and O–H groups in total. The highest BCUT2D eigenvalue weighted by Gasteiger charge is 2.35. The minimum Gasteiger partial charge on any atom is -0.356 e. The summed E-state index contributed by atoms with van der Waals surface area (Å²) in [6.45, 7) is 10.8. The SMILES string of the molecule is C=CC1=C(/C=C\C)C(C)(C)c2ccc(-c3cccc(Nc4ccccc4)c3)cc21. The van der Waals surface area contributed by atoms with Gasteiger partial charge in [-0.2, -0.15) is 0 Å². The van der Waals surface area contributed by atoms with E-state index < -0.39 is 0 Å². The van der Waals surface area contributed by atoms with Crippen molar-refractivity contribution in [2.24, 2.45) is 0 Å². The van der Waals surface area contributed by atoms with E-state index in [4.69, 9.17) is 0 Å². The Labute approximate surface area is 174 Å². The van der Waals surface area contributed by atoms with Crippen LogP contribution in [0, 0.1) is 0 Å². The fourth-order valence-corrected chi connectivity index (χ4v) is 4.27. The number of hydrogen-bond donors (Lipinski definition) is 1. The summed E-state index contributed by atoms with van der Waals surface area (Å²) in [6, 6.07) is 25.7. The first-order chi connectivity index (χ1) is 14.0. The number of benzene rings is 3. The normalized spacial score (nSPS) is 14.9. The lowest BCUT2D eigenvalue weighted by Gasteiger charge is -2.23. The van der Waals surface area contributed by atoms with Crippen LogP contribution in [-0.4, -0.2) is 0 Å². The minimum absolute atomic E-state index is 0.0133. The monoisotopic (exact) mass is 377 g/mol. The van der Waals surface area contributed by atoms with Crippen LogP contribution in [0.25, 0.3) is 16.7 Å². The predicted octanol–water partition coefficient (Wildman–Crippen LogP) is 7.90. The summed E-state index contributed by atoms with van der Waals surface area (Å²) in [4.78, 5) is 0. The Bertz CT molecular complexity index is 1110. The Morgan fingerprint density at radius 1 is 0.828 bits per heavy atom. The molecule has 0 aromatic heterocycles. The lowest BCUT2D eigenvalue weighted by atomic mass is 9.80. The smallest absolute Gasteiger partial charge is 0.0390 e. The quantitative estimate of drug-likeness (QED) is 0.476. The van der Waals surface area contributed by atoms with Crippen molar-refractivity contribution in [1.82, 2.24) is 0 Å². The van der Waals surface area contributed by atoms with Gasteiger partial charge in [0, 0.05) is 16.8 Å². The molecule has 0 amide bonds. The Balaban J connectivity index is 1.75. The summed E-state index contributed by atoms with van der Waals surface area (Å²) < 4.78 is 0. The molecule has 3 aromatic carbocycles. The van der Waals surface area contributed by atoms with Gasteiger partial charge in [-0.15, -0.1) is 0 Å². The van der Waals surface area contributed by atoms with E-state index in [0.717, 1.165) is 11.4 Å². The standard InChI is InChI=1S/C28H27N/c1-5-11-26-24(6-2)25-19-21(16-17-27(25)28(26,3)4)20-12-10-15-23(18-20)29-22-13-8-7-9-14-22/h5-19,29H,2H2,1,3-4H3/b11-5-. The van der Waals surface area contributed by atoms with Crippen molar-refractivity contribution in [1.29, 1.82) is 0 Å². The van der Waals surface area contributed by atoms with Crippen LogP contribution in [0.2, 0.25) is 0 Å². The van der Waals surface area contributed by atoms with Crippen molar-refractivity contribution in [3.8, 4) is 11.1 Å². The van der Waals surface area contributed by atoms with Gasteiger partial charge < -0.3 is 5.32 Å². The minimum atomic E-state index is -0.0133. The van der Waals surface area contributed by atoms with E-state index in [1.807, 2.05) is 24.3 Å². The third-order valence-corrected chi connectivity index (χ3v) is 5.74. The van der Waals surface area contributed by atoms with Gasteiger partial charge in [0.2, 0.25) is 0 Å². The fraction of sp³-hybridized carbons (Fsp3) is 0.143. The first-order valence-corrected chi connectivity index (χ1v) is 10.1. The Morgan fingerprint density at radius 3 is 2.28 bits per heavy atom. The molecule has 0 saturated carbocycles. The summed E-state index contributed by atoms with van der Waals surface area (Å²) in [5.74, 6) is 0. The predicted molar refractivity (Wildman–Crippen MR) is 127 cm³/mol. The van der Waals surface area contributed by atoms with Crippen LogP contribution in [0.15, 0.2) is 103 Å². The number of rotatable bonds is 5. The van der Waals surface area contributed by atoms with Gasteiger partial charge in [-0.05, 0) is 70.7 Å². The molecule has 1 aliphatic rings. The zero-order valence-electron chi connectivity index (χ0n) is 17.4. The number of para-hydroxylation sites is 1. The molecule has 0 atom stereocenters. The van der Waals surface area contributed by atoms with Crippen molar-refractivity contribution in [3.63, 3.8) is 0 Å². The Morgan fingerprint density at radius 2 is 1.55 bits per heavy atom. The van der Waals surface area contributed by atoms with Crippen molar-refractivity contribution in [2.75, 3.05) is 5.32 Å². The Kier molecular flexibility index (Phi) is 4.98. The second kappa shape index (κ2) is 7.60.